The van der Waals surface area contributed by atoms with E-state index < -0.39 is 0 Å². The van der Waals surface area contributed by atoms with E-state index in [4.69, 9.17) is 18.9 Å². The third-order valence-electron chi connectivity index (χ3n) is 8.78. The Balaban J connectivity index is 1.06. The Hall–Kier alpha value is -5.18. The summed E-state index contributed by atoms with van der Waals surface area (Å²) in [4.78, 5) is 2.37. The second-order valence-corrected chi connectivity index (χ2v) is 13.6. The van der Waals surface area contributed by atoms with Crippen LogP contribution in [0.3, 0.4) is 0 Å². The Morgan fingerprint density at radius 2 is 0.625 bits per heavy atom. The van der Waals surface area contributed by atoms with Gasteiger partial charge in [0, 0.05) is 42.7 Å². The maximum atomic E-state index is 5.54. The third-order valence-corrected chi connectivity index (χ3v) is 11.2. The molecule has 0 aliphatic heterocycles. The largest absolute Gasteiger partial charge is 0.497 e. The summed E-state index contributed by atoms with van der Waals surface area (Å²) in [7, 11) is 10.3. The number of rotatable bonds is 9. The standard InChI is InChI=1S/C40H32N2O4S2/c1-43-27-9-17-37-33(21-27)34-22-28(44-2)10-18-38(34)41(37)25-5-13-31(14-6-25)47-48-32-15-7-26(8-16-32)42-39-19-11-29(45-3)23-35(39)36-24-30(46-4)12-20-40(36)42/h5-24H,1-4H3. The molecule has 0 unspecified atom stereocenters. The molecule has 0 N–H and O–H groups in total. The summed E-state index contributed by atoms with van der Waals surface area (Å²) in [5.74, 6) is 3.32. The van der Waals surface area contributed by atoms with Gasteiger partial charge in [0.1, 0.15) is 23.0 Å². The molecule has 0 bridgehead atoms. The number of ether oxygens (including phenoxy) is 4. The molecule has 6 aromatic carbocycles. The Labute approximate surface area is 286 Å². The highest BCUT2D eigenvalue weighted by Gasteiger charge is 2.16. The first-order valence-corrected chi connectivity index (χ1v) is 17.6. The van der Waals surface area contributed by atoms with Gasteiger partial charge in [0.05, 0.1) is 50.5 Å². The fourth-order valence-electron chi connectivity index (χ4n) is 6.42. The smallest absolute Gasteiger partial charge is 0.119 e. The molecule has 0 atom stereocenters. The molecule has 6 nitrogen and oxygen atoms in total. The molecule has 0 spiro atoms. The second kappa shape index (κ2) is 12.4. The molecular weight excluding hydrogens is 637 g/mol. The van der Waals surface area contributed by atoms with Crippen LogP contribution in [-0.4, -0.2) is 37.6 Å². The summed E-state index contributed by atoms with van der Waals surface area (Å²) in [6.45, 7) is 0. The van der Waals surface area contributed by atoms with Crippen LogP contribution in [0.2, 0.25) is 0 Å². The third kappa shape index (κ3) is 5.18. The lowest BCUT2D eigenvalue weighted by Gasteiger charge is -2.10. The van der Waals surface area contributed by atoms with Crippen LogP contribution in [0.1, 0.15) is 0 Å². The van der Waals surface area contributed by atoms with E-state index in [1.807, 2.05) is 24.3 Å². The lowest BCUT2D eigenvalue weighted by molar-refractivity contribution is 0.415. The van der Waals surface area contributed by atoms with Crippen molar-refractivity contribution in [2.45, 2.75) is 9.79 Å². The maximum absolute atomic E-state index is 5.54. The molecule has 0 amide bonds. The minimum absolute atomic E-state index is 0.831. The molecule has 8 heteroatoms. The zero-order chi connectivity index (χ0) is 32.8. The minimum atomic E-state index is 0.831. The minimum Gasteiger partial charge on any atom is -0.497 e. The molecule has 2 heterocycles. The number of fused-ring (bicyclic) bond motifs is 6. The summed E-state index contributed by atoms with van der Waals surface area (Å²) in [5.41, 5.74) is 6.69. The van der Waals surface area contributed by atoms with Crippen LogP contribution in [-0.2, 0) is 0 Å². The summed E-state index contributed by atoms with van der Waals surface area (Å²) < 4.78 is 26.8. The van der Waals surface area contributed by atoms with Crippen LogP contribution >= 0.6 is 21.6 Å². The predicted octanol–water partition coefficient (Wildman–Crippen LogP) is 10.7. The van der Waals surface area contributed by atoms with E-state index in [-0.39, 0.29) is 0 Å². The molecule has 8 rings (SSSR count). The quantitative estimate of drug-likeness (QED) is 0.143. The van der Waals surface area contributed by atoms with Crippen molar-refractivity contribution in [2.24, 2.45) is 0 Å². The van der Waals surface area contributed by atoms with E-state index in [0.29, 0.717) is 0 Å². The SMILES string of the molecule is COc1ccc2c(c1)c1cc(OC)ccc1n2-c1ccc(SSc2ccc(-n3c4ccc(OC)cc4c4cc(OC)ccc43)cc2)cc1. The zero-order valence-electron chi connectivity index (χ0n) is 26.9. The maximum Gasteiger partial charge on any atom is 0.119 e. The van der Waals surface area contributed by atoms with E-state index in [2.05, 4.69) is 106 Å². The first-order valence-electron chi connectivity index (χ1n) is 15.5. The lowest BCUT2D eigenvalue weighted by atomic mass is 10.1. The van der Waals surface area contributed by atoms with E-state index in [0.717, 1.165) is 78.0 Å². The fourth-order valence-corrected chi connectivity index (χ4v) is 8.36. The van der Waals surface area contributed by atoms with Crippen molar-refractivity contribution in [1.29, 1.82) is 0 Å². The molecule has 238 valence electrons. The van der Waals surface area contributed by atoms with Crippen molar-refractivity contribution in [1.82, 2.24) is 9.13 Å². The Morgan fingerprint density at radius 3 is 0.875 bits per heavy atom. The monoisotopic (exact) mass is 668 g/mol. The predicted molar refractivity (Wildman–Crippen MR) is 199 cm³/mol. The van der Waals surface area contributed by atoms with Crippen LogP contribution in [0.15, 0.2) is 131 Å². The fraction of sp³-hybridized carbons (Fsp3) is 0.100. The summed E-state index contributed by atoms with van der Waals surface area (Å²) in [5, 5.41) is 4.50. The van der Waals surface area contributed by atoms with Crippen molar-refractivity contribution in [3.05, 3.63) is 121 Å². The number of aromatic nitrogens is 2. The van der Waals surface area contributed by atoms with Gasteiger partial charge in [-0.05, 0) is 121 Å². The van der Waals surface area contributed by atoms with E-state index in [1.165, 1.54) is 9.79 Å². The van der Waals surface area contributed by atoms with Gasteiger partial charge in [-0.3, -0.25) is 0 Å². The molecule has 0 aliphatic carbocycles. The number of hydrogen-bond donors (Lipinski definition) is 0. The Kier molecular flexibility index (Phi) is 7.82. The van der Waals surface area contributed by atoms with Crippen LogP contribution in [0.4, 0.5) is 0 Å². The van der Waals surface area contributed by atoms with Gasteiger partial charge in [-0.25, -0.2) is 0 Å². The molecule has 0 saturated heterocycles. The van der Waals surface area contributed by atoms with Gasteiger partial charge < -0.3 is 28.1 Å². The van der Waals surface area contributed by atoms with Gasteiger partial charge in [0.25, 0.3) is 0 Å². The van der Waals surface area contributed by atoms with Crippen molar-refractivity contribution < 1.29 is 18.9 Å². The van der Waals surface area contributed by atoms with E-state index >= 15 is 0 Å². The number of hydrogen-bond acceptors (Lipinski definition) is 6. The molecular formula is C40H32N2O4S2. The highest BCUT2D eigenvalue weighted by molar-refractivity contribution is 8.76. The summed E-state index contributed by atoms with van der Waals surface area (Å²) >= 11 is 0. The van der Waals surface area contributed by atoms with E-state index in [1.54, 1.807) is 50.0 Å². The molecule has 2 aromatic heterocycles. The molecule has 0 fully saturated rings. The van der Waals surface area contributed by atoms with Gasteiger partial charge in [-0.2, -0.15) is 0 Å². The first-order chi connectivity index (χ1) is 23.6. The average molecular weight is 669 g/mol. The van der Waals surface area contributed by atoms with Crippen molar-refractivity contribution in [2.75, 3.05) is 28.4 Å². The van der Waals surface area contributed by atoms with Crippen LogP contribution in [0.25, 0.3) is 55.0 Å². The Bertz CT molecular complexity index is 2150. The van der Waals surface area contributed by atoms with Gasteiger partial charge in [-0.1, -0.05) is 21.6 Å². The normalized spacial score (nSPS) is 11.5. The topological polar surface area (TPSA) is 46.8 Å². The van der Waals surface area contributed by atoms with Gasteiger partial charge in [0.2, 0.25) is 0 Å². The summed E-state index contributed by atoms with van der Waals surface area (Å²) in [6, 6.07) is 42.4. The zero-order valence-corrected chi connectivity index (χ0v) is 28.5. The van der Waals surface area contributed by atoms with Crippen molar-refractivity contribution in [3.8, 4) is 34.4 Å². The summed E-state index contributed by atoms with van der Waals surface area (Å²) in [6.07, 6.45) is 0. The molecule has 0 radical (unpaired) electrons. The van der Waals surface area contributed by atoms with Crippen molar-refractivity contribution in [3.63, 3.8) is 0 Å². The molecule has 0 aliphatic rings. The van der Waals surface area contributed by atoms with Gasteiger partial charge in [0.15, 0.2) is 0 Å². The van der Waals surface area contributed by atoms with Crippen molar-refractivity contribution >= 4 is 65.2 Å². The van der Waals surface area contributed by atoms with Crippen LogP contribution < -0.4 is 18.9 Å². The van der Waals surface area contributed by atoms with Crippen LogP contribution in [0, 0.1) is 0 Å². The first kappa shape index (κ1) is 30.2. The Morgan fingerprint density at radius 1 is 0.354 bits per heavy atom. The highest BCUT2D eigenvalue weighted by atomic mass is 33.1. The number of methoxy groups -OCH3 is 4. The van der Waals surface area contributed by atoms with Gasteiger partial charge in [-0.15, -0.1) is 0 Å². The molecule has 8 aromatic rings. The molecule has 0 saturated carbocycles. The highest BCUT2D eigenvalue weighted by Crippen LogP contribution is 2.41. The number of nitrogens with zero attached hydrogens (tertiary/aromatic N) is 2. The number of benzene rings is 6. The van der Waals surface area contributed by atoms with E-state index in [9.17, 15) is 0 Å². The van der Waals surface area contributed by atoms with Crippen LogP contribution in [0.5, 0.6) is 23.0 Å². The lowest BCUT2D eigenvalue weighted by Crippen LogP contribution is -1.94. The molecule has 48 heavy (non-hydrogen) atoms. The average Bonchev–Trinajstić information content (AvgIpc) is 3.65. The van der Waals surface area contributed by atoms with Gasteiger partial charge >= 0.3 is 0 Å². The second-order valence-electron chi connectivity index (χ2n) is 11.4.